The van der Waals surface area contributed by atoms with E-state index in [2.05, 4.69) is 10.6 Å². The Balaban J connectivity index is 2.51. The number of likely N-dealkylation sites (tertiary alicyclic amines) is 1. The molecule has 0 saturated carbocycles. The van der Waals surface area contributed by atoms with Crippen molar-refractivity contribution in [2.24, 2.45) is 5.73 Å². The van der Waals surface area contributed by atoms with Crippen molar-refractivity contribution in [1.82, 2.24) is 15.5 Å². The predicted octanol–water partition coefficient (Wildman–Crippen LogP) is -2.16. The van der Waals surface area contributed by atoms with Crippen LogP contribution in [0.2, 0.25) is 0 Å². The molecule has 5 N–H and O–H groups in total. The van der Waals surface area contributed by atoms with Gasteiger partial charge in [0.15, 0.2) is 0 Å². The molecular weight excluding hydrogens is 256 g/mol. The first kappa shape index (κ1) is 14.7. The van der Waals surface area contributed by atoms with Crippen LogP contribution in [0.3, 0.4) is 0 Å². The van der Waals surface area contributed by atoms with Crippen molar-refractivity contribution < 1.29 is 24.3 Å². The Kier molecular flexibility index (Phi) is 4.67. The number of carboxylic acids is 1. The zero-order chi connectivity index (χ0) is 14.6. The van der Waals surface area contributed by atoms with Gasteiger partial charge in [0.25, 0.3) is 0 Å². The number of hydrogen-bond donors (Lipinski definition) is 4. The number of hydrogen-bond acceptors (Lipinski definition) is 4. The number of urea groups is 1. The van der Waals surface area contributed by atoms with Gasteiger partial charge < -0.3 is 26.4 Å². The van der Waals surface area contributed by atoms with Gasteiger partial charge in [0.2, 0.25) is 11.8 Å². The number of nitrogens with two attached hydrogens (primary N) is 1. The Hall–Kier alpha value is -2.32. The van der Waals surface area contributed by atoms with Crippen LogP contribution in [-0.4, -0.2) is 59.5 Å². The number of carbonyl (C=O) groups excluding carboxylic acids is 3. The minimum atomic E-state index is -1.41. The molecule has 0 aromatic rings. The standard InChI is InChI=1S/C10H16N4O5/c1-14-3-2-5(8(14)16)12-10(19)13-6(9(17)18)4-7(11)15/h5-6H,2-4H2,1H3,(H2,11,15)(H,17,18)(H2,12,13,19)/t5?,6-/m1/s1. The number of amides is 4. The van der Waals surface area contributed by atoms with Gasteiger partial charge in [-0.25, -0.2) is 9.59 Å². The minimum Gasteiger partial charge on any atom is -0.480 e. The molecule has 0 aliphatic carbocycles. The molecule has 1 rings (SSSR count). The second-order valence-electron chi connectivity index (χ2n) is 4.28. The van der Waals surface area contributed by atoms with Crippen LogP contribution in [0, 0.1) is 0 Å². The quantitative estimate of drug-likeness (QED) is 0.451. The fraction of sp³-hybridized carbons (Fsp3) is 0.600. The van der Waals surface area contributed by atoms with Gasteiger partial charge in [0.1, 0.15) is 12.1 Å². The SMILES string of the molecule is CN1CCC(NC(=O)N[C@H](CC(N)=O)C(=O)O)C1=O. The number of nitrogens with zero attached hydrogens (tertiary/aromatic N) is 1. The van der Waals surface area contributed by atoms with Crippen molar-refractivity contribution in [2.75, 3.05) is 13.6 Å². The smallest absolute Gasteiger partial charge is 0.326 e. The van der Waals surface area contributed by atoms with E-state index in [1.165, 1.54) is 4.90 Å². The number of primary amides is 1. The zero-order valence-corrected chi connectivity index (χ0v) is 10.4. The van der Waals surface area contributed by atoms with Gasteiger partial charge in [-0.1, -0.05) is 0 Å². The van der Waals surface area contributed by atoms with E-state index in [1.54, 1.807) is 7.05 Å². The zero-order valence-electron chi connectivity index (χ0n) is 10.4. The predicted molar refractivity (Wildman–Crippen MR) is 62.9 cm³/mol. The third kappa shape index (κ3) is 4.12. The van der Waals surface area contributed by atoms with E-state index in [0.29, 0.717) is 13.0 Å². The maximum atomic E-state index is 11.5. The van der Waals surface area contributed by atoms with E-state index in [0.717, 1.165) is 0 Å². The first-order chi connectivity index (χ1) is 8.81. The van der Waals surface area contributed by atoms with Crippen LogP contribution in [0.1, 0.15) is 12.8 Å². The lowest BCUT2D eigenvalue weighted by molar-refractivity contribution is -0.140. The van der Waals surface area contributed by atoms with Crippen LogP contribution in [0.25, 0.3) is 0 Å². The van der Waals surface area contributed by atoms with Gasteiger partial charge in [-0.05, 0) is 6.42 Å². The Morgan fingerprint density at radius 2 is 2.16 bits per heavy atom. The Labute approximate surface area is 109 Å². The summed E-state index contributed by atoms with van der Waals surface area (Å²) < 4.78 is 0. The van der Waals surface area contributed by atoms with Crippen molar-refractivity contribution >= 4 is 23.8 Å². The summed E-state index contributed by atoms with van der Waals surface area (Å²) in [5.41, 5.74) is 4.88. The molecule has 0 bridgehead atoms. The number of likely N-dealkylation sites (N-methyl/N-ethyl adjacent to an activating group) is 1. The van der Waals surface area contributed by atoms with Crippen molar-refractivity contribution in [2.45, 2.75) is 24.9 Å². The normalized spacial score (nSPS) is 19.9. The van der Waals surface area contributed by atoms with Crippen LogP contribution < -0.4 is 16.4 Å². The van der Waals surface area contributed by atoms with E-state index in [4.69, 9.17) is 10.8 Å². The number of nitrogens with one attached hydrogen (secondary N) is 2. The van der Waals surface area contributed by atoms with Gasteiger partial charge in [-0.15, -0.1) is 0 Å². The molecule has 0 spiro atoms. The Morgan fingerprint density at radius 3 is 2.58 bits per heavy atom. The first-order valence-corrected chi connectivity index (χ1v) is 5.64. The van der Waals surface area contributed by atoms with Crippen molar-refractivity contribution in [3.8, 4) is 0 Å². The minimum absolute atomic E-state index is 0.239. The topological polar surface area (TPSA) is 142 Å². The fourth-order valence-electron chi connectivity index (χ4n) is 1.72. The molecule has 1 heterocycles. The number of carboxylic acid groups (broad SMARTS) is 1. The summed E-state index contributed by atoms with van der Waals surface area (Å²) in [5.74, 6) is -2.45. The Bertz CT molecular complexity index is 411. The lowest BCUT2D eigenvalue weighted by atomic mass is 10.2. The molecule has 0 aromatic heterocycles. The molecule has 9 nitrogen and oxygen atoms in total. The second-order valence-corrected chi connectivity index (χ2v) is 4.28. The third-order valence-electron chi connectivity index (χ3n) is 2.74. The lowest BCUT2D eigenvalue weighted by Crippen LogP contribution is -2.51. The largest absolute Gasteiger partial charge is 0.480 e. The summed E-state index contributed by atoms with van der Waals surface area (Å²) in [7, 11) is 1.61. The molecular formula is C10H16N4O5. The molecule has 9 heteroatoms. The van der Waals surface area contributed by atoms with E-state index in [9.17, 15) is 19.2 Å². The first-order valence-electron chi connectivity index (χ1n) is 5.64. The van der Waals surface area contributed by atoms with Gasteiger partial charge in [0, 0.05) is 13.6 Å². The van der Waals surface area contributed by atoms with Crippen molar-refractivity contribution in [3.05, 3.63) is 0 Å². The summed E-state index contributed by atoms with van der Waals surface area (Å²) in [4.78, 5) is 46.0. The van der Waals surface area contributed by atoms with Crippen LogP contribution in [-0.2, 0) is 14.4 Å². The summed E-state index contributed by atoms with van der Waals surface area (Å²) in [5, 5.41) is 13.3. The molecule has 1 aliphatic rings. The van der Waals surface area contributed by atoms with E-state index < -0.39 is 36.4 Å². The molecule has 106 valence electrons. The third-order valence-corrected chi connectivity index (χ3v) is 2.74. The summed E-state index contributed by atoms with van der Waals surface area (Å²) >= 11 is 0. The highest BCUT2D eigenvalue weighted by atomic mass is 16.4. The highest BCUT2D eigenvalue weighted by molar-refractivity contribution is 5.91. The molecule has 19 heavy (non-hydrogen) atoms. The summed E-state index contributed by atoms with van der Waals surface area (Å²) in [6, 6.07) is -2.90. The van der Waals surface area contributed by atoms with Gasteiger partial charge >= 0.3 is 12.0 Å². The van der Waals surface area contributed by atoms with Crippen LogP contribution in [0.5, 0.6) is 0 Å². The van der Waals surface area contributed by atoms with Crippen molar-refractivity contribution in [1.29, 1.82) is 0 Å². The van der Waals surface area contributed by atoms with Gasteiger partial charge in [0.05, 0.1) is 6.42 Å². The van der Waals surface area contributed by atoms with Gasteiger partial charge in [-0.3, -0.25) is 9.59 Å². The average molecular weight is 272 g/mol. The lowest BCUT2D eigenvalue weighted by Gasteiger charge is -2.16. The molecule has 1 saturated heterocycles. The molecule has 2 atom stereocenters. The van der Waals surface area contributed by atoms with Crippen molar-refractivity contribution in [3.63, 3.8) is 0 Å². The van der Waals surface area contributed by atoms with E-state index in [1.807, 2.05) is 0 Å². The summed E-state index contributed by atoms with van der Waals surface area (Å²) in [6.45, 7) is 0.521. The fourth-order valence-corrected chi connectivity index (χ4v) is 1.72. The summed E-state index contributed by atoms with van der Waals surface area (Å²) in [6.07, 6.45) is -0.0580. The molecule has 0 aromatic carbocycles. The maximum Gasteiger partial charge on any atom is 0.326 e. The number of carbonyl (C=O) groups is 4. The number of rotatable bonds is 5. The molecule has 0 radical (unpaired) electrons. The van der Waals surface area contributed by atoms with Crippen LogP contribution >= 0.6 is 0 Å². The maximum absolute atomic E-state index is 11.5. The highest BCUT2D eigenvalue weighted by Gasteiger charge is 2.31. The second kappa shape index (κ2) is 6.03. The number of aliphatic carboxylic acids is 1. The van der Waals surface area contributed by atoms with E-state index >= 15 is 0 Å². The van der Waals surface area contributed by atoms with Crippen LogP contribution in [0.4, 0.5) is 4.79 Å². The Morgan fingerprint density at radius 1 is 1.53 bits per heavy atom. The molecule has 1 fully saturated rings. The molecule has 4 amide bonds. The highest BCUT2D eigenvalue weighted by Crippen LogP contribution is 2.08. The van der Waals surface area contributed by atoms with Gasteiger partial charge in [-0.2, -0.15) is 0 Å². The average Bonchev–Trinajstić information content (AvgIpc) is 2.59. The van der Waals surface area contributed by atoms with Crippen LogP contribution in [0.15, 0.2) is 0 Å². The molecule has 1 aliphatic heterocycles. The van der Waals surface area contributed by atoms with E-state index in [-0.39, 0.29) is 5.91 Å². The monoisotopic (exact) mass is 272 g/mol. The molecule has 1 unspecified atom stereocenters.